The number of hydrogen-bond donors (Lipinski definition) is 1. The van der Waals surface area contributed by atoms with Crippen molar-refractivity contribution in [2.45, 2.75) is 24.3 Å². The van der Waals surface area contributed by atoms with Crippen LogP contribution in [-0.4, -0.2) is 20.9 Å². The number of aryl methyl sites for hydroxylation is 1. The number of furan rings is 1. The first-order valence-electron chi connectivity index (χ1n) is 9.06. The molecular formula is C21H20N2O4S. The highest BCUT2D eigenvalue weighted by Gasteiger charge is 2.24. The second-order valence-electron chi connectivity index (χ2n) is 6.62. The van der Waals surface area contributed by atoms with Crippen LogP contribution in [0.1, 0.15) is 28.1 Å². The van der Waals surface area contributed by atoms with Crippen LogP contribution in [0.25, 0.3) is 0 Å². The van der Waals surface area contributed by atoms with E-state index in [0.29, 0.717) is 17.9 Å². The zero-order chi connectivity index (χ0) is 19.6. The summed E-state index contributed by atoms with van der Waals surface area (Å²) in [6.07, 6.45) is 3.35. The molecule has 0 fully saturated rings. The highest BCUT2D eigenvalue weighted by atomic mass is 32.2. The molecule has 4 rings (SSSR count). The number of nitrogens with zero attached hydrogens (tertiary/aromatic N) is 1. The third-order valence-electron chi connectivity index (χ3n) is 4.78. The quantitative estimate of drug-likeness (QED) is 0.717. The fourth-order valence-electron chi connectivity index (χ4n) is 3.34. The lowest BCUT2D eigenvalue weighted by atomic mass is 10.0. The molecule has 0 unspecified atom stereocenters. The Labute approximate surface area is 163 Å². The van der Waals surface area contributed by atoms with Crippen molar-refractivity contribution in [3.05, 3.63) is 83.8 Å². The SMILES string of the molecule is O=C(c1ccc(S(=O)(=O)NCc2ccco2)cc1)N1CCCc2ccccc21. The monoisotopic (exact) mass is 396 g/mol. The fraction of sp³-hybridized carbons (Fsp3) is 0.190. The third-order valence-corrected chi connectivity index (χ3v) is 6.20. The Kier molecular flexibility index (Phi) is 5.02. The van der Waals surface area contributed by atoms with E-state index in [1.807, 2.05) is 24.3 Å². The van der Waals surface area contributed by atoms with Gasteiger partial charge in [-0.3, -0.25) is 4.79 Å². The number of anilines is 1. The van der Waals surface area contributed by atoms with E-state index in [0.717, 1.165) is 24.1 Å². The molecule has 1 aromatic heterocycles. The molecule has 6 nitrogen and oxygen atoms in total. The van der Waals surface area contributed by atoms with Crippen LogP contribution < -0.4 is 9.62 Å². The van der Waals surface area contributed by atoms with Gasteiger partial charge in [0.1, 0.15) is 5.76 Å². The van der Waals surface area contributed by atoms with Crippen LogP contribution >= 0.6 is 0 Å². The molecule has 1 N–H and O–H groups in total. The predicted molar refractivity (Wildman–Crippen MR) is 106 cm³/mol. The van der Waals surface area contributed by atoms with Gasteiger partial charge in [-0.05, 0) is 60.9 Å². The van der Waals surface area contributed by atoms with Crippen molar-refractivity contribution in [2.24, 2.45) is 0 Å². The molecule has 2 aromatic carbocycles. The molecule has 1 aliphatic heterocycles. The van der Waals surface area contributed by atoms with Crippen LogP contribution in [0.4, 0.5) is 5.69 Å². The van der Waals surface area contributed by atoms with E-state index in [9.17, 15) is 13.2 Å². The smallest absolute Gasteiger partial charge is 0.258 e. The summed E-state index contributed by atoms with van der Waals surface area (Å²) in [7, 11) is -3.69. The lowest BCUT2D eigenvalue weighted by Gasteiger charge is -2.29. The van der Waals surface area contributed by atoms with Crippen molar-refractivity contribution < 1.29 is 17.6 Å². The Morgan fingerprint density at radius 1 is 1.04 bits per heavy atom. The van der Waals surface area contributed by atoms with E-state index < -0.39 is 10.0 Å². The Bertz CT molecular complexity index is 1070. The van der Waals surface area contributed by atoms with E-state index in [4.69, 9.17) is 4.42 Å². The van der Waals surface area contributed by atoms with Gasteiger partial charge in [0.25, 0.3) is 5.91 Å². The van der Waals surface area contributed by atoms with Gasteiger partial charge in [-0.1, -0.05) is 18.2 Å². The van der Waals surface area contributed by atoms with Crippen molar-refractivity contribution in [3.8, 4) is 0 Å². The summed E-state index contributed by atoms with van der Waals surface area (Å²) < 4.78 is 32.5. The molecule has 3 aromatic rings. The van der Waals surface area contributed by atoms with Crippen LogP contribution in [-0.2, 0) is 23.0 Å². The number of sulfonamides is 1. The Morgan fingerprint density at radius 2 is 1.82 bits per heavy atom. The number of nitrogens with one attached hydrogen (secondary N) is 1. The van der Waals surface area contributed by atoms with Gasteiger partial charge in [0.05, 0.1) is 17.7 Å². The van der Waals surface area contributed by atoms with Gasteiger partial charge in [0.2, 0.25) is 10.0 Å². The molecule has 28 heavy (non-hydrogen) atoms. The third kappa shape index (κ3) is 3.72. The van der Waals surface area contributed by atoms with E-state index in [1.165, 1.54) is 18.4 Å². The molecule has 0 aliphatic carbocycles. The molecule has 0 bridgehead atoms. The number of rotatable bonds is 5. The first-order valence-corrected chi connectivity index (χ1v) is 10.5. The molecule has 7 heteroatoms. The van der Waals surface area contributed by atoms with Crippen LogP contribution in [0.15, 0.2) is 76.2 Å². The van der Waals surface area contributed by atoms with Crippen molar-refractivity contribution >= 4 is 21.6 Å². The normalized spacial score (nSPS) is 13.9. The number of carbonyl (C=O) groups excluding carboxylic acids is 1. The molecule has 0 saturated carbocycles. The molecule has 0 atom stereocenters. The number of amides is 1. The van der Waals surface area contributed by atoms with Crippen LogP contribution in [0.2, 0.25) is 0 Å². The highest BCUT2D eigenvalue weighted by Crippen LogP contribution is 2.28. The summed E-state index contributed by atoms with van der Waals surface area (Å²) in [5.74, 6) is 0.402. The molecular weight excluding hydrogens is 376 g/mol. The summed E-state index contributed by atoms with van der Waals surface area (Å²) in [6, 6.07) is 17.3. The van der Waals surface area contributed by atoms with Gasteiger partial charge >= 0.3 is 0 Å². The fourth-order valence-corrected chi connectivity index (χ4v) is 4.33. The minimum Gasteiger partial charge on any atom is -0.468 e. The largest absolute Gasteiger partial charge is 0.468 e. The lowest BCUT2D eigenvalue weighted by molar-refractivity contribution is 0.0985. The number of carbonyl (C=O) groups is 1. The topological polar surface area (TPSA) is 79.6 Å². The van der Waals surface area contributed by atoms with E-state index >= 15 is 0 Å². The Morgan fingerprint density at radius 3 is 2.57 bits per heavy atom. The van der Waals surface area contributed by atoms with Gasteiger partial charge in [-0.2, -0.15) is 0 Å². The minimum atomic E-state index is -3.69. The molecule has 144 valence electrons. The second-order valence-corrected chi connectivity index (χ2v) is 8.38. The molecule has 0 radical (unpaired) electrons. The summed E-state index contributed by atoms with van der Waals surface area (Å²) in [5.41, 5.74) is 2.54. The number of fused-ring (bicyclic) bond motifs is 1. The maximum Gasteiger partial charge on any atom is 0.258 e. The number of para-hydroxylation sites is 1. The summed E-state index contributed by atoms with van der Waals surface area (Å²) in [5, 5.41) is 0. The van der Waals surface area contributed by atoms with Crippen molar-refractivity contribution in [1.29, 1.82) is 0 Å². The zero-order valence-corrected chi connectivity index (χ0v) is 16.0. The van der Waals surface area contributed by atoms with Gasteiger partial charge in [-0.25, -0.2) is 13.1 Å². The maximum atomic E-state index is 13.0. The molecule has 2 heterocycles. The van der Waals surface area contributed by atoms with Crippen molar-refractivity contribution in [3.63, 3.8) is 0 Å². The molecule has 1 aliphatic rings. The number of benzene rings is 2. The molecule has 0 saturated heterocycles. The summed E-state index contributed by atoms with van der Waals surface area (Å²) >= 11 is 0. The van der Waals surface area contributed by atoms with Gasteiger partial charge in [0.15, 0.2) is 0 Å². The van der Waals surface area contributed by atoms with Crippen LogP contribution in [0.5, 0.6) is 0 Å². The second kappa shape index (κ2) is 7.61. The highest BCUT2D eigenvalue weighted by molar-refractivity contribution is 7.89. The first kappa shape index (κ1) is 18.5. The van der Waals surface area contributed by atoms with Gasteiger partial charge in [-0.15, -0.1) is 0 Å². The zero-order valence-electron chi connectivity index (χ0n) is 15.2. The van der Waals surface area contributed by atoms with Crippen LogP contribution in [0.3, 0.4) is 0 Å². The lowest BCUT2D eigenvalue weighted by Crippen LogP contribution is -2.35. The minimum absolute atomic E-state index is 0.0700. The van der Waals surface area contributed by atoms with E-state index in [2.05, 4.69) is 4.72 Å². The van der Waals surface area contributed by atoms with Crippen LogP contribution in [0, 0.1) is 0 Å². The van der Waals surface area contributed by atoms with Crippen molar-refractivity contribution in [1.82, 2.24) is 4.72 Å². The summed E-state index contributed by atoms with van der Waals surface area (Å²) in [4.78, 5) is 14.8. The first-order chi connectivity index (χ1) is 13.5. The molecule has 1 amide bonds. The standard InChI is InChI=1S/C21H20N2O4S/c24-21(23-13-3-6-16-5-1-2-8-20(16)23)17-9-11-19(12-10-17)28(25,26)22-15-18-7-4-14-27-18/h1-2,4-5,7-12,14,22H,3,6,13,15H2. The van der Waals surface area contributed by atoms with E-state index in [1.54, 1.807) is 29.2 Å². The maximum absolute atomic E-state index is 13.0. The number of hydrogen-bond acceptors (Lipinski definition) is 4. The average Bonchev–Trinajstić information content (AvgIpc) is 3.25. The van der Waals surface area contributed by atoms with Crippen molar-refractivity contribution in [2.75, 3.05) is 11.4 Å². The Hall–Kier alpha value is -2.90. The predicted octanol–water partition coefficient (Wildman–Crippen LogP) is 3.35. The van der Waals surface area contributed by atoms with E-state index in [-0.39, 0.29) is 17.3 Å². The van der Waals surface area contributed by atoms with Gasteiger partial charge in [0, 0.05) is 17.8 Å². The average molecular weight is 396 g/mol. The van der Waals surface area contributed by atoms with Gasteiger partial charge < -0.3 is 9.32 Å². The summed E-state index contributed by atoms with van der Waals surface area (Å²) in [6.45, 7) is 0.723. The molecule has 0 spiro atoms. The Balaban J connectivity index is 1.51.